The number of nitrogens with zero attached hydrogens (tertiary/aromatic N) is 1. The largest absolute Gasteiger partial charge is 0.366 e. The smallest absolute Gasteiger partial charge is 0.244 e. The van der Waals surface area contributed by atoms with Crippen LogP contribution in [0.4, 0.5) is 0 Å². The fourth-order valence-electron chi connectivity index (χ4n) is 1.71. The van der Waals surface area contributed by atoms with Gasteiger partial charge in [0, 0.05) is 23.6 Å². The molecule has 17 heavy (non-hydrogen) atoms. The zero-order chi connectivity index (χ0) is 12.3. The van der Waals surface area contributed by atoms with Crippen molar-refractivity contribution >= 4 is 17.9 Å². The highest BCUT2D eigenvalue weighted by Crippen LogP contribution is 2.25. The Bertz CT molecular complexity index is 439. The molecule has 0 aliphatic carbocycles. The molecule has 1 amide bonds. The summed E-state index contributed by atoms with van der Waals surface area (Å²) in [5.74, 6) is -0.287. The van der Waals surface area contributed by atoms with Crippen LogP contribution in [0.15, 0.2) is 40.8 Å². The van der Waals surface area contributed by atoms with Crippen LogP contribution in [-0.2, 0) is 4.79 Å². The second kappa shape index (κ2) is 5.38. The number of hydrogen-bond acceptors (Lipinski definition) is 3. The maximum Gasteiger partial charge on any atom is 0.244 e. The number of amides is 1. The Morgan fingerprint density at radius 3 is 2.59 bits per heavy atom. The molecule has 0 spiro atoms. The van der Waals surface area contributed by atoms with Crippen molar-refractivity contribution in [3.05, 3.63) is 41.5 Å². The third-order valence-corrected chi connectivity index (χ3v) is 3.82. The molecule has 1 aromatic rings. The van der Waals surface area contributed by atoms with Gasteiger partial charge in [-0.25, -0.2) is 4.31 Å². The van der Waals surface area contributed by atoms with Crippen LogP contribution in [0.2, 0.25) is 0 Å². The Morgan fingerprint density at radius 2 is 2.06 bits per heavy atom. The van der Waals surface area contributed by atoms with E-state index in [0.29, 0.717) is 0 Å². The second-order valence-electron chi connectivity index (χ2n) is 4.14. The maximum absolute atomic E-state index is 11.0. The molecule has 0 fully saturated rings. The van der Waals surface area contributed by atoms with Crippen LogP contribution in [-0.4, -0.2) is 23.3 Å². The summed E-state index contributed by atoms with van der Waals surface area (Å²) < 4.78 is 2.23. The molecule has 2 rings (SSSR count). The predicted octanol–water partition coefficient (Wildman–Crippen LogP) is 2.12. The van der Waals surface area contributed by atoms with Gasteiger partial charge in [-0.05, 0) is 37.4 Å². The third kappa shape index (κ3) is 3.35. The van der Waals surface area contributed by atoms with Crippen LogP contribution in [0.1, 0.15) is 12.0 Å². The molecule has 3 nitrogen and oxygen atoms in total. The molecule has 1 heterocycles. The van der Waals surface area contributed by atoms with E-state index in [9.17, 15) is 4.79 Å². The Hall–Kier alpha value is -1.26. The summed E-state index contributed by atoms with van der Waals surface area (Å²) in [4.78, 5) is 12.2. The summed E-state index contributed by atoms with van der Waals surface area (Å²) in [5.41, 5.74) is 7.27. The number of carbonyl (C=O) groups excluding carboxylic acids is 1. The third-order valence-electron chi connectivity index (χ3n) is 2.74. The summed E-state index contributed by atoms with van der Waals surface area (Å²) in [5, 5.41) is 0. The van der Waals surface area contributed by atoms with Crippen LogP contribution in [0.3, 0.4) is 0 Å². The first-order valence-electron chi connectivity index (χ1n) is 5.63. The monoisotopic (exact) mass is 248 g/mol. The minimum absolute atomic E-state index is 0.287. The van der Waals surface area contributed by atoms with Gasteiger partial charge in [0.2, 0.25) is 5.91 Å². The van der Waals surface area contributed by atoms with E-state index in [-0.39, 0.29) is 5.91 Å². The number of carbonyl (C=O) groups is 1. The quantitative estimate of drug-likeness (QED) is 0.833. The minimum Gasteiger partial charge on any atom is -0.366 e. The molecule has 1 aliphatic heterocycles. The molecule has 0 radical (unpaired) electrons. The topological polar surface area (TPSA) is 46.3 Å². The lowest BCUT2D eigenvalue weighted by Crippen LogP contribution is -2.27. The Morgan fingerprint density at radius 1 is 1.35 bits per heavy atom. The van der Waals surface area contributed by atoms with E-state index in [4.69, 9.17) is 5.73 Å². The number of primary amides is 1. The first kappa shape index (κ1) is 12.2. The first-order valence-corrected chi connectivity index (χ1v) is 6.41. The number of nitrogens with two attached hydrogens (primary N) is 1. The molecule has 4 heteroatoms. The van der Waals surface area contributed by atoms with E-state index in [1.54, 1.807) is 11.9 Å². The molecule has 1 aliphatic rings. The molecule has 1 aromatic carbocycles. The van der Waals surface area contributed by atoms with Gasteiger partial charge in [0.25, 0.3) is 0 Å². The lowest BCUT2D eigenvalue weighted by Gasteiger charge is -2.24. The summed E-state index contributed by atoms with van der Waals surface area (Å²) in [7, 11) is 0. The van der Waals surface area contributed by atoms with Crippen molar-refractivity contribution < 1.29 is 4.79 Å². The van der Waals surface area contributed by atoms with Gasteiger partial charge >= 0.3 is 0 Å². The number of aryl methyl sites for hydroxylation is 1. The van der Waals surface area contributed by atoms with Crippen molar-refractivity contribution in [2.45, 2.75) is 18.2 Å². The molecule has 0 saturated carbocycles. The molecular weight excluding hydrogens is 232 g/mol. The van der Waals surface area contributed by atoms with Crippen molar-refractivity contribution in [3.63, 3.8) is 0 Å². The number of hydrogen-bond donors (Lipinski definition) is 1. The average molecular weight is 248 g/mol. The minimum atomic E-state index is -0.287. The molecule has 0 atom stereocenters. The molecule has 0 bridgehead atoms. The SMILES string of the molecule is Cc1ccc(SN2CC=C(C(N)=O)CC2)cc1. The van der Waals surface area contributed by atoms with E-state index >= 15 is 0 Å². The van der Waals surface area contributed by atoms with Gasteiger partial charge in [0.15, 0.2) is 0 Å². The molecule has 90 valence electrons. The molecule has 0 unspecified atom stereocenters. The number of rotatable bonds is 3. The van der Waals surface area contributed by atoms with Gasteiger partial charge in [-0.1, -0.05) is 23.8 Å². The zero-order valence-corrected chi connectivity index (χ0v) is 10.7. The fourth-order valence-corrected chi connectivity index (χ4v) is 2.59. The summed E-state index contributed by atoms with van der Waals surface area (Å²) >= 11 is 1.72. The van der Waals surface area contributed by atoms with Gasteiger partial charge in [-0.2, -0.15) is 0 Å². The fraction of sp³-hybridized carbons (Fsp3) is 0.308. The lowest BCUT2D eigenvalue weighted by atomic mass is 10.1. The van der Waals surface area contributed by atoms with Gasteiger partial charge < -0.3 is 5.73 Å². The van der Waals surface area contributed by atoms with Gasteiger partial charge in [-0.15, -0.1) is 0 Å². The molecular formula is C13H16N2OS. The van der Waals surface area contributed by atoms with Gasteiger partial charge in [0.05, 0.1) is 0 Å². The van der Waals surface area contributed by atoms with Gasteiger partial charge in [0.1, 0.15) is 0 Å². The average Bonchev–Trinajstić information content (AvgIpc) is 2.33. The number of benzene rings is 1. The zero-order valence-electron chi connectivity index (χ0n) is 9.85. The molecule has 2 N–H and O–H groups in total. The van der Waals surface area contributed by atoms with Crippen molar-refractivity contribution in [1.29, 1.82) is 0 Å². The summed E-state index contributed by atoms with van der Waals surface area (Å²) in [6.45, 7) is 3.72. The standard InChI is InChI=1S/C13H16N2OS/c1-10-2-4-12(5-3-10)17-15-8-6-11(7-9-15)13(14)16/h2-6H,7-9H2,1H3,(H2,14,16). The highest BCUT2D eigenvalue weighted by Gasteiger charge is 2.15. The normalized spacial score (nSPS) is 16.6. The van der Waals surface area contributed by atoms with Crippen LogP contribution in [0.5, 0.6) is 0 Å². The predicted molar refractivity (Wildman–Crippen MR) is 70.5 cm³/mol. The highest BCUT2D eigenvalue weighted by atomic mass is 32.2. The van der Waals surface area contributed by atoms with Crippen LogP contribution in [0, 0.1) is 6.92 Å². The van der Waals surface area contributed by atoms with Crippen molar-refractivity contribution in [2.75, 3.05) is 13.1 Å². The highest BCUT2D eigenvalue weighted by molar-refractivity contribution is 7.97. The Balaban J connectivity index is 1.94. The molecule has 0 saturated heterocycles. The maximum atomic E-state index is 11.0. The summed E-state index contributed by atoms with van der Waals surface area (Å²) in [6.07, 6.45) is 2.67. The second-order valence-corrected chi connectivity index (χ2v) is 5.31. The molecule has 0 aromatic heterocycles. The summed E-state index contributed by atoms with van der Waals surface area (Å²) in [6, 6.07) is 8.45. The lowest BCUT2D eigenvalue weighted by molar-refractivity contribution is -0.114. The Kier molecular flexibility index (Phi) is 3.86. The van der Waals surface area contributed by atoms with E-state index < -0.39 is 0 Å². The Labute approximate surface area is 106 Å². The van der Waals surface area contributed by atoms with E-state index in [1.807, 2.05) is 6.08 Å². The van der Waals surface area contributed by atoms with E-state index in [0.717, 1.165) is 25.1 Å². The van der Waals surface area contributed by atoms with E-state index in [1.165, 1.54) is 10.5 Å². The van der Waals surface area contributed by atoms with Gasteiger partial charge in [-0.3, -0.25) is 4.79 Å². The van der Waals surface area contributed by atoms with E-state index in [2.05, 4.69) is 35.5 Å². The van der Waals surface area contributed by atoms with Crippen molar-refractivity contribution in [3.8, 4) is 0 Å². The van der Waals surface area contributed by atoms with Crippen LogP contribution >= 0.6 is 11.9 Å². The van der Waals surface area contributed by atoms with Crippen LogP contribution < -0.4 is 5.73 Å². The van der Waals surface area contributed by atoms with Crippen molar-refractivity contribution in [1.82, 2.24) is 4.31 Å². The first-order chi connectivity index (χ1) is 8.15. The van der Waals surface area contributed by atoms with Crippen LogP contribution in [0.25, 0.3) is 0 Å². The van der Waals surface area contributed by atoms with Crippen molar-refractivity contribution in [2.24, 2.45) is 5.73 Å².